The summed E-state index contributed by atoms with van der Waals surface area (Å²) in [7, 11) is 0. The van der Waals surface area contributed by atoms with Gasteiger partial charge in [-0.2, -0.15) is 0 Å². The molecule has 0 saturated heterocycles. The molecule has 1 aliphatic rings. The normalized spacial score (nSPS) is 13.9. The maximum atomic E-state index is 13.6. The van der Waals surface area contributed by atoms with Crippen LogP contribution < -0.4 is 5.32 Å². The zero-order chi connectivity index (χ0) is 14.8. The molecule has 1 N–H and O–H groups in total. The smallest absolute Gasteiger partial charge is 0.242 e. The Kier molecular flexibility index (Phi) is 3.86. The number of rotatable bonds is 3. The fraction of sp³-hybridized carbons (Fsp3) is 0.294. The fourth-order valence-corrected chi connectivity index (χ4v) is 2.75. The molecule has 21 heavy (non-hydrogen) atoms. The van der Waals surface area contributed by atoms with Gasteiger partial charge in [0.15, 0.2) is 0 Å². The summed E-state index contributed by atoms with van der Waals surface area (Å²) in [4.78, 5) is 0. The average Bonchev–Trinajstić information content (AvgIpc) is 2.45. The van der Waals surface area contributed by atoms with Gasteiger partial charge < -0.3 is 5.32 Å². The average molecular weight is 291 g/mol. The Labute approximate surface area is 121 Å². The number of hydrogen-bond acceptors (Lipinski definition) is 1. The monoisotopic (exact) mass is 291 g/mol. The highest BCUT2D eigenvalue weighted by molar-refractivity contribution is 5.71. The summed E-state index contributed by atoms with van der Waals surface area (Å²) in [5.41, 5.74) is 4.11. The SMILES string of the molecule is Fc1cc(CC(F)F)cc(-c2ccc3c(c2)NCCC3)c1. The predicted octanol–water partition coefficient (Wildman–Crippen LogP) is 4.66. The topological polar surface area (TPSA) is 12.0 Å². The number of benzene rings is 2. The molecule has 2 aromatic rings. The second-order valence-electron chi connectivity index (χ2n) is 5.35. The molecule has 2 aromatic carbocycles. The molecule has 0 spiro atoms. The summed E-state index contributed by atoms with van der Waals surface area (Å²) < 4.78 is 38.6. The minimum absolute atomic E-state index is 0.325. The van der Waals surface area contributed by atoms with E-state index in [1.54, 1.807) is 6.07 Å². The lowest BCUT2D eigenvalue weighted by atomic mass is 9.96. The molecule has 0 saturated carbocycles. The number of alkyl halides is 2. The zero-order valence-electron chi connectivity index (χ0n) is 11.5. The van der Waals surface area contributed by atoms with Crippen LogP contribution in [0.1, 0.15) is 17.5 Å². The molecule has 0 aromatic heterocycles. The van der Waals surface area contributed by atoms with Crippen LogP contribution in [0.2, 0.25) is 0 Å². The van der Waals surface area contributed by atoms with Gasteiger partial charge in [-0.1, -0.05) is 18.2 Å². The number of nitrogens with one attached hydrogen (secondary N) is 1. The summed E-state index contributed by atoms with van der Waals surface area (Å²) in [6.45, 7) is 0.927. The van der Waals surface area contributed by atoms with Crippen molar-refractivity contribution in [1.29, 1.82) is 0 Å². The van der Waals surface area contributed by atoms with Gasteiger partial charge in [0.2, 0.25) is 6.43 Å². The van der Waals surface area contributed by atoms with Crippen molar-refractivity contribution >= 4 is 5.69 Å². The van der Waals surface area contributed by atoms with Crippen molar-refractivity contribution < 1.29 is 13.2 Å². The van der Waals surface area contributed by atoms with Gasteiger partial charge in [0.25, 0.3) is 0 Å². The molecule has 1 aliphatic heterocycles. The molecule has 1 nitrogen and oxygen atoms in total. The van der Waals surface area contributed by atoms with E-state index in [4.69, 9.17) is 0 Å². The lowest BCUT2D eigenvalue weighted by Gasteiger charge is -2.19. The van der Waals surface area contributed by atoms with E-state index in [-0.39, 0.29) is 0 Å². The van der Waals surface area contributed by atoms with E-state index in [0.717, 1.165) is 30.6 Å². The van der Waals surface area contributed by atoms with Crippen LogP contribution in [-0.4, -0.2) is 13.0 Å². The Hall–Kier alpha value is -1.97. The van der Waals surface area contributed by atoms with Crippen molar-refractivity contribution in [2.75, 3.05) is 11.9 Å². The Morgan fingerprint density at radius 3 is 2.71 bits per heavy atom. The maximum Gasteiger partial charge on any atom is 0.242 e. The van der Waals surface area contributed by atoms with Gasteiger partial charge in [-0.15, -0.1) is 0 Å². The van der Waals surface area contributed by atoms with Gasteiger partial charge in [-0.05, 0) is 53.3 Å². The van der Waals surface area contributed by atoms with Gasteiger partial charge in [-0.25, -0.2) is 13.2 Å². The number of halogens is 3. The second kappa shape index (κ2) is 5.80. The molecule has 0 atom stereocenters. The van der Waals surface area contributed by atoms with E-state index in [1.165, 1.54) is 17.7 Å². The van der Waals surface area contributed by atoms with E-state index in [9.17, 15) is 13.2 Å². The third kappa shape index (κ3) is 3.20. The zero-order valence-corrected chi connectivity index (χ0v) is 11.5. The highest BCUT2D eigenvalue weighted by Crippen LogP contribution is 2.30. The molecule has 0 unspecified atom stereocenters. The first-order valence-electron chi connectivity index (χ1n) is 7.06. The van der Waals surface area contributed by atoms with Crippen LogP contribution in [0.4, 0.5) is 18.9 Å². The highest BCUT2D eigenvalue weighted by atomic mass is 19.3. The molecule has 1 heterocycles. The van der Waals surface area contributed by atoms with Crippen LogP contribution in [0, 0.1) is 5.82 Å². The number of fused-ring (bicyclic) bond motifs is 1. The molecule has 0 fully saturated rings. The molecule has 110 valence electrons. The summed E-state index contributed by atoms with van der Waals surface area (Å²) >= 11 is 0. The van der Waals surface area contributed by atoms with Crippen molar-refractivity contribution in [1.82, 2.24) is 0 Å². The lowest BCUT2D eigenvalue weighted by molar-refractivity contribution is 0.149. The minimum atomic E-state index is -2.47. The van der Waals surface area contributed by atoms with Gasteiger partial charge in [0.1, 0.15) is 5.82 Å². The Morgan fingerprint density at radius 1 is 1.05 bits per heavy atom. The molecule has 0 radical (unpaired) electrons. The van der Waals surface area contributed by atoms with Crippen LogP contribution in [0.25, 0.3) is 11.1 Å². The standard InChI is InChI=1S/C17H16F3N/c18-15-7-11(8-17(19)20)6-14(9-15)13-4-3-12-2-1-5-21-16(12)10-13/h3-4,6-7,9-10,17,21H,1-2,5,8H2. The molecule has 3 rings (SSSR count). The van der Waals surface area contributed by atoms with Gasteiger partial charge in [0.05, 0.1) is 0 Å². The van der Waals surface area contributed by atoms with Crippen LogP contribution in [0.15, 0.2) is 36.4 Å². The van der Waals surface area contributed by atoms with Crippen LogP contribution in [0.3, 0.4) is 0 Å². The van der Waals surface area contributed by atoms with Crippen molar-refractivity contribution in [2.45, 2.75) is 25.7 Å². The Bertz CT molecular complexity index is 652. The number of hydrogen-bond donors (Lipinski definition) is 1. The van der Waals surface area contributed by atoms with Crippen molar-refractivity contribution in [2.24, 2.45) is 0 Å². The predicted molar refractivity (Wildman–Crippen MR) is 78.4 cm³/mol. The first-order valence-corrected chi connectivity index (χ1v) is 7.06. The second-order valence-corrected chi connectivity index (χ2v) is 5.35. The van der Waals surface area contributed by atoms with Gasteiger partial charge in [0, 0.05) is 18.7 Å². The first-order chi connectivity index (χ1) is 10.1. The maximum absolute atomic E-state index is 13.6. The molecule has 4 heteroatoms. The Morgan fingerprint density at radius 2 is 1.90 bits per heavy atom. The summed E-state index contributed by atoms with van der Waals surface area (Å²) in [6.07, 6.45) is -0.758. The van der Waals surface area contributed by atoms with Crippen LogP contribution in [-0.2, 0) is 12.8 Å². The molecular weight excluding hydrogens is 275 g/mol. The minimum Gasteiger partial charge on any atom is -0.385 e. The van der Waals surface area contributed by atoms with Crippen molar-refractivity contribution in [3.05, 3.63) is 53.3 Å². The largest absolute Gasteiger partial charge is 0.385 e. The van der Waals surface area contributed by atoms with Crippen LogP contribution in [0.5, 0.6) is 0 Å². The van der Waals surface area contributed by atoms with Crippen molar-refractivity contribution in [3.8, 4) is 11.1 Å². The van der Waals surface area contributed by atoms with E-state index < -0.39 is 18.7 Å². The third-order valence-electron chi connectivity index (χ3n) is 3.73. The summed E-state index contributed by atoms with van der Waals surface area (Å²) in [6, 6.07) is 10.1. The van der Waals surface area contributed by atoms with E-state index >= 15 is 0 Å². The van der Waals surface area contributed by atoms with Gasteiger partial charge >= 0.3 is 0 Å². The number of aryl methyl sites for hydroxylation is 1. The van der Waals surface area contributed by atoms with E-state index in [2.05, 4.69) is 5.32 Å². The third-order valence-corrected chi connectivity index (χ3v) is 3.73. The quantitative estimate of drug-likeness (QED) is 0.867. The fourth-order valence-electron chi connectivity index (χ4n) is 2.75. The van der Waals surface area contributed by atoms with E-state index in [0.29, 0.717) is 11.1 Å². The first kappa shape index (κ1) is 14.0. The molecular formula is C17H16F3N. The Balaban J connectivity index is 1.97. The van der Waals surface area contributed by atoms with E-state index in [1.807, 2.05) is 18.2 Å². The van der Waals surface area contributed by atoms with Crippen LogP contribution >= 0.6 is 0 Å². The van der Waals surface area contributed by atoms with Gasteiger partial charge in [-0.3, -0.25) is 0 Å². The highest BCUT2D eigenvalue weighted by Gasteiger charge is 2.12. The lowest BCUT2D eigenvalue weighted by Crippen LogP contribution is -2.11. The summed E-state index contributed by atoms with van der Waals surface area (Å²) in [5.74, 6) is -0.478. The van der Waals surface area contributed by atoms with Crippen molar-refractivity contribution in [3.63, 3.8) is 0 Å². The molecule has 0 aliphatic carbocycles. The molecule has 0 bridgehead atoms. The molecule has 0 amide bonds. The number of anilines is 1. The summed E-state index contributed by atoms with van der Waals surface area (Å²) in [5, 5.41) is 3.32.